The minimum Gasteiger partial charge on any atom is -0.484 e. The molecular weight excluding hydrogens is 484 g/mol. The summed E-state index contributed by atoms with van der Waals surface area (Å²) in [5, 5.41) is 6.36. The number of nitrogens with one attached hydrogen (secondary N) is 2. The van der Waals surface area contributed by atoms with Crippen molar-refractivity contribution >= 4 is 29.9 Å². The highest BCUT2D eigenvalue weighted by atomic mass is 127. The van der Waals surface area contributed by atoms with Crippen LogP contribution in [0.15, 0.2) is 53.7 Å². The van der Waals surface area contributed by atoms with E-state index >= 15 is 0 Å². The smallest absolute Gasteiger partial charge is 0.422 e. The van der Waals surface area contributed by atoms with Gasteiger partial charge in [0.15, 0.2) is 12.6 Å². The summed E-state index contributed by atoms with van der Waals surface area (Å²) < 4.78 is 41.5. The van der Waals surface area contributed by atoms with Crippen molar-refractivity contribution in [2.45, 2.75) is 26.1 Å². The van der Waals surface area contributed by atoms with Crippen LogP contribution in [-0.2, 0) is 13.0 Å². The Balaban J connectivity index is 0.00000392. The largest absolute Gasteiger partial charge is 0.484 e. The Labute approximate surface area is 179 Å². The van der Waals surface area contributed by atoms with Crippen LogP contribution in [0.25, 0.3) is 0 Å². The molecule has 2 N–H and O–H groups in total. The molecule has 0 bridgehead atoms. The number of aromatic nitrogens is 1. The van der Waals surface area contributed by atoms with Gasteiger partial charge in [-0.05, 0) is 36.8 Å². The van der Waals surface area contributed by atoms with Gasteiger partial charge in [-0.2, -0.15) is 13.2 Å². The van der Waals surface area contributed by atoms with Crippen LogP contribution in [0.2, 0.25) is 0 Å². The minimum absolute atomic E-state index is 0. The first kappa shape index (κ1) is 24.0. The summed E-state index contributed by atoms with van der Waals surface area (Å²) in [6.07, 6.45) is -1.85. The summed E-state index contributed by atoms with van der Waals surface area (Å²) in [6, 6.07) is 12.3. The number of rotatable bonds is 8. The summed E-state index contributed by atoms with van der Waals surface area (Å²) >= 11 is 0. The zero-order valence-corrected chi connectivity index (χ0v) is 17.8. The average molecular weight is 508 g/mol. The second-order valence-electron chi connectivity index (χ2n) is 5.74. The highest BCUT2D eigenvalue weighted by Gasteiger charge is 2.28. The Morgan fingerprint density at radius 2 is 1.96 bits per heavy atom. The van der Waals surface area contributed by atoms with Gasteiger partial charge in [0.2, 0.25) is 0 Å². The number of nitrogens with zero attached hydrogens (tertiary/aromatic N) is 2. The summed E-state index contributed by atoms with van der Waals surface area (Å²) in [4.78, 5) is 8.73. The summed E-state index contributed by atoms with van der Waals surface area (Å²) in [5.74, 6) is 0.809. The normalized spacial score (nSPS) is 11.5. The van der Waals surface area contributed by atoms with Crippen molar-refractivity contribution in [3.8, 4) is 5.75 Å². The molecule has 0 radical (unpaired) electrons. The summed E-state index contributed by atoms with van der Waals surface area (Å²) in [6.45, 7) is 2.34. The molecule has 0 fully saturated rings. The number of halogens is 4. The van der Waals surface area contributed by atoms with Gasteiger partial charge in [0.05, 0.1) is 6.54 Å². The van der Waals surface area contributed by atoms with Crippen LogP contribution in [0.4, 0.5) is 13.2 Å². The molecule has 5 nitrogen and oxygen atoms in total. The van der Waals surface area contributed by atoms with E-state index in [-0.39, 0.29) is 29.7 Å². The zero-order valence-electron chi connectivity index (χ0n) is 15.5. The molecule has 0 spiro atoms. The molecule has 9 heteroatoms. The fourth-order valence-corrected chi connectivity index (χ4v) is 2.27. The molecule has 2 aromatic rings. The van der Waals surface area contributed by atoms with Crippen LogP contribution in [0.1, 0.15) is 18.2 Å². The number of hydrogen-bond donors (Lipinski definition) is 2. The van der Waals surface area contributed by atoms with E-state index < -0.39 is 12.8 Å². The van der Waals surface area contributed by atoms with Crippen molar-refractivity contribution < 1.29 is 17.9 Å². The maximum atomic E-state index is 12.3. The first-order valence-corrected chi connectivity index (χ1v) is 8.67. The Morgan fingerprint density at radius 3 is 2.64 bits per heavy atom. The Kier molecular flexibility index (Phi) is 10.6. The molecule has 0 aliphatic heterocycles. The molecule has 0 aliphatic carbocycles. The SMILES string of the molecule is CCNC(=NCc1cccc(OCC(F)(F)F)c1)NCCc1ccccn1.I. The molecule has 1 aromatic heterocycles. The van der Waals surface area contributed by atoms with E-state index in [9.17, 15) is 13.2 Å². The molecule has 0 atom stereocenters. The molecule has 0 aliphatic rings. The van der Waals surface area contributed by atoms with Crippen molar-refractivity contribution in [1.29, 1.82) is 0 Å². The predicted molar refractivity (Wildman–Crippen MR) is 114 cm³/mol. The van der Waals surface area contributed by atoms with Crippen LogP contribution in [0.5, 0.6) is 5.75 Å². The van der Waals surface area contributed by atoms with Crippen LogP contribution < -0.4 is 15.4 Å². The lowest BCUT2D eigenvalue weighted by molar-refractivity contribution is -0.153. The molecule has 28 heavy (non-hydrogen) atoms. The molecule has 0 amide bonds. The quantitative estimate of drug-likeness (QED) is 0.323. The Bertz CT molecular complexity index is 727. The second-order valence-corrected chi connectivity index (χ2v) is 5.74. The number of pyridine rings is 1. The van der Waals surface area contributed by atoms with Gasteiger partial charge in [0.25, 0.3) is 0 Å². The van der Waals surface area contributed by atoms with Gasteiger partial charge in [-0.25, -0.2) is 4.99 Å². The van der Waals surface area contributed by atoms with Gasteiger partial charge in [-0.1, -0.05) is 18.2 Å². The van der Waals surface area contributed by atoms with Gasteiger partial charge in [-0.3, -0.25) is 4.98 Å². The molecule has 0 saturated carbocycles. The molecule has 1 aromatic carbocycles. The van der Waals surface area contributed by atoms with Gasteiger partial charge in [0.1, 0.15) is 5.75 Å². The summed E-state index contributed by atoms with van der Waals surface area (Å²) in [7, 11) is 0. The van der Waals surface area contributed by atoms with Gasteiger partial charge >= 0.3 is 6.18 Å². The third kappa shape index (κ3) is 9.77. The highest BCUT2D eigenvalue weighted by Crippen LogP contribution is 2.19. The van der Waals surface area contributed by atoms with Crippen molar-refractivity contribution in [2.24, 2.45) is 4.99 Å². The lowest BCUT2D eigenvalue weighted by Crippen LogP contribution is -2.38. The zero-order chi connectivity index (χ0) is 19.5. The highest BCUT2D eigenvalue weighted by molar-refractivity contribution is 14.0. The van der Waals surface area contributed by atoms with Crippen LogP contribution in [0, 0.1) is 0 Å². The lowest BCUT2D eigenvalue weighted by Gasteiger charge is -2.12. The fourth-order valence-electron chi connectivity index (χ4n) is 2.27. The number of alkyl halides is 3. The van der Waals surface area contributed by atoms with E-state index in [2.05, 4.69) is 20.6 Å². The first-order chi connectivity index (χ1) is 13.0. The maximum absolute atomic E-state index is 12.3. The van der Waals surface area contributed by atoms with Crippen molar-refractivity contribution in [1.82, 2.24) is 15.6 Å². The molecular formula is C19H24F3IN4O. The third-order valence-electron chi connectivity index (χ3n) is 3.46. The van der Waals surface area contributed by atoms with Crippen LogP contribution >= 0.6 is 24.0 Å². The van der Waals surface area contributed by atoms with Crippen LogP contribution in [0.3, 0.4) is 0 Å². The standard InChI is InChI=1S/C19H23F3N4O.HI/c1-2-23-18(25-11-9-16-7-3-4-10-24-16)26-13-15-6-5-8-17(12-15)27-14-19(20,21)22;/h3-8,10,12H,2,9,11,13-14H2,1H3,(H2,23,25,26);1H. The number of guanidine groups is 1. The molecule has 0 unspecified atom stereocenters. The third-order valence-corrected chi connectivity index (χ3v) is 3.46. The summed E-state index contributed by atoms with van der Waals surface area (Å²) in [5.41, 5.74) is 1.74. The molecule has 0 saturated heterocycles. The molecule has 2 rings (SSSR count). The topological polar surface area (TPSA) is 58.5 Å². The van der Waals surface area contributed by atoms with E-state index in [4.69, 9.17) is 4.74 Å². The Morgan fingerprint density at radius 1 is 1.14 bits per heavy atom. The lowest BCUT2D eigenvalue weighted by atomic mass is 10.2. The molecule has 154 valence electrons. The number of ether oxygens (including phenoxy) is 1. The van der Waals surface area contributed by atoms with Crippen LogP contribution in [-0.4, -0.2) is 36.8 Å². The van der Waals surface area contributed by atoms with E-state index in [1.807, 2.05) is 25.1 Å². The van der Waals surface area contributed by atoms with E-state index in [0.717, 1.165) is 17.7 Å². The van der Waals surface area contributed by atoms with Crippen molar-refractivity contribution in [3.05, 3.63) is 59.9 Å². The number of benzene rings is 1. The average Bonchev–Trinajstić information content (AvgIpc) is 2.65. The van der Waals surface area contributed by atoms with E-state index in [0.29, 0.717) is 25.6 Å². The van der Waals surface area contributed by atoms with E-state index in [1.54, 1.807) is 24.4 Å². The first-order valence-electron chi connectivity index (χ1n) is 8.67. The molecule has 1 heterocycles. The Hall–Kier alpha value is -2.04. The predicted octanol–water partition coefficient (Wildman–Crippen LogP) is 3.94. The number of aliphatic imine (C=N–C) groups is 1. The van der Waals surface area contributed by atoms with E-state index in [1.165, 1.54) is 6.07 Å². The second kappa shape index (κ2) is 12.4. The monoisotopic (exact) mass is 508 g/mol. The van der Waals surface area contributed by atoms with Crippen molar-refractivity contribution in [3.63, 3.8) is 0 Å². The number of hydrogen-bond acceptors (Lipinski definition) is 3. The fraction of sp³-hybridized carbons (Fsp3) is 0.368. The minimum atomic E-state index is -4.36. The van der Waals surface area contributed by atoms with Crippen molar-refractivity contribution in [2.75, 3.05) is 19.7 Å². The van der Waals surface area contributed by atoms with Gasteiger partial charge in [-0.15, -0.1) is 24.0 Å². The van der Waals surface area contributed by atoms with Gasteiger partial charge in [0, 0.05) is 31.4 Å². The van der Waals surface area contributed by atoms with Gasteiger partial charge < -0.3 is 15.4 Å². The maximum Gasteiger partial charge on any atom is 0.422 e.